The van der Waals surface area contributed by atoms with Gasteiger partial charge in [-0.1, -0.05) is 23.7 Å². The van der Waals surface area contributed by atoms with Gasteiger partial charge >= 0.3 is 0 Å². The van der Waals surface area contributed by atoms with Crippen molar-refractivity contribution in [1.82, 2.24) is 4.98 Å². The molecule has 0 saturated heterocycles. The van der Waals surface area contributed by atoms with Crippen LogP contribution in [-0.4, -0.2) is 22.7 Å². The number of rotatable bonds is 6. The largest absolute Gasteiger partial charge is 0.326 e. The number of benzene rings is 2. The maximum absolute atomic E-state index is 12.7. The molecule has 0 saturated carbocycles. The van der Waals surface area contributed by atoms with Gasteiger partial charge in [-0.2, -0.15) is 0 Å². The summed E-state index contributed by atoms with van der Waals surface area (Å²) in [5, 5.41) is 9.11. The first-order chi connectivity index (χ1) is 14.3. The van der Waals surface area contributed by atoms with Gasteiger partial charge in [-0.25, -0.2) is 4.98 Å². The fourth-order valence-electron chi connectivity index (χ4n) is 2.77. The van der Waals surface area contributed by atoms with E-state index in [4.69, 9.17) is 11.6 Å². The Morgan fingerprint density at radius 1 is 0.967 bits per heavy atom. The number of amides is 3. The molecule has 0 fully saturated rings. The standard InChI is InChI=1S/C21H19ClN4O3S/c1-12(27)24-17-8-15(9-18(10-17)25-13(2)28)20(29)26-21-23-11-19(30-21)7-14-4-3-5-16(22)6-14/h3-6,8-11H,7H2,1-2H3,(H,24,27)(H,25,28)(H,23,26,29). The number of nitrogens with zero attached hydrogens (tertiary/aromatic N) is 1. The molecule has 9 heteroatoms. The van der Waals surface area contributed by atoms with Crippen molar-refractivity contribution in [3.8, 4) is 0 Å². The predicted octanol–water partition coefficient (Wildman–Crippen LogP) is 4.56. The fourth-order valence-corrected chi connectivity index (χ4v) is 3.83. The highest BCUT2D eigenvalue weighted by atomic mass is 35.5. The molecule has 0 bridgehead atoms. The molecule has 0 aliphatic heterocycles. The smallest absolute Gasteiger partial charge is 0.257 e. The van der Waals surface area contributed by atoms with Crippen molar-refractivity contribution in [2.24, 2.45) is 0 Å². The lowest BCUT2D eigenvalue weighted by Crippen LogP contribution is -2.15. The van der Waals surface area contributed by atoms with E-state index in [0.29, 0.717) is 27.9 Å². The summed E-state index contributed by atoms with van der Waals surface area (Å²) in [5.41, 5.74) is 2.13. The SMILES string of the molecule is CC(=O)Nc1cc(NC(C)=O)cc(C(=O)Nc2ncc(Cc3cccc(Cl)c3)s2)c1. The molecule has 0 radical (unpaired) electrons. The second-order valence-electron chi connectivity index (χ2n) is 6.55. The molecule has 3 rings (SSSR count). The normalized spacial score (nSPS) is 10.4. The molecule has 0 aliphatic rings. The Morgan fingerprint density at radius 3 is 2.23 bits per heavy atom. The topological polar surface area (TPSA) is 100 Å². The highest BCUT2D eigenvalue weighted by Crippen LogP contribution is 2.24. The van der Waals surface area contributed by atoms with Crippen LogP contribution in [0.15, 0.2) is 48.7 Å². The van der Waals surface area contributed by atoms with Crippen molar-refractivity contribution in [3.63, 3.8) is 0 Å². The van der Waals surface area contributed by atoms with Crippen molar-refractivity contribution in [2.45, 2.75) is 20.3 Å². The van der Waals surface area contributed by atoms with E-state index in [-0.39, 0.29) is 17.4 Å². The molecule has 2 aromatic carbocycles. The summed E-state index contributed by atoms with van der Waals surface area (Å²) in [4.78, 5) is 40.7. The van der Waals surface area contributed by atoms with Gasteiger partial charge in [0, 0.05) is 53.3 Å². The van der Waals surface area contributed by atoms with Crippen molar-refractivity contribution in [1.29, 1.82) is 0 Å². The van der Waals surface area contributed by atoms with Gasteiger partial charge in [-0.05, 0) is 35.9 Å². The highest BCUT2D eigenvalue weighted by molar-refractivity contribution is 7.15. The first kappa shape index (κ1) is 21.5. The molecular formula is C21H19ClN4O3S. The molecule has 0 atom stereocenters. The average molecular weight is 443 g/mol. The van der Waals surface area contributed by atoms with E-state index in [0.717, 1.165) is 10.4 Å². The number of hydrogen-bond acceptors (Lipinski definition) is 5. The van der Waals surface area contributed by atoms with Crippen LogP contribution in [0.2, 0.25) is 5.02 Å². The van der Waals surface area contributed by atoms with Gasteiger partial charge in [0.25, 0.3) is 5.91 Å². The average Bonchev–Trinajstić information content (AvgIpc) is 3.07. The van der Waals surface area contributed by atoms with E-state index in [1.165, 1.54) is 37.3 Å². The second-order valence-corrected chi connectivity index (χ2v) is 8.11. The summed E-state index contributed by atoms with van der Waals surface area (Å²) >= 11 is 7.38. The number of carbonyl (C=O) groups excluding carboxylic acids is 3. The van der Waals surface area contributed by atoms with Crippen LogP contribution in [0.4, 0.5) is 16.5 Å². The van der Waals surface area contributed by atoms with E-state index < -0.39 is 5.91 Å². The number of halogens is 1. The first-order valence-electron chi connectivity index (χ1n) is 8.99. The zero-order valence-corrected chi connectivity index (χ0v) is 17.9. The minimum Gasteiger partial charge on any atom is -0.326 e. The lowest BCUT2D eigenvalue weighted by Gasteiger charge is -2.10. The molecule has 0 unspecified atom stereocenters. The van der Waals surface area contributed by atoms with Crippen LogP contribution in [0.5, 0.6) is 0 Å². The quantitative estimate of drug-likeness (QED) is 0.521. The van der Waals surface area contributed by atoms with Crippen molar-refractivity contribution in [3.05, 3.63) is 69.7 Å². The van der Waals surface area contributed by atoms with Gasteiger partial charge < -0.3 is 10.6 Å². The van der Waals surface area contributed by atoms with Gasteiger partial charge in [0.1, 0.15) is 0 Å². The minimum absolute atomic E-state index is 0.275. The van der Waals surface area contributed by atoms with Crippen LogP contribution in [-0.2, 0) is 16.0 Å². The molecule has 154 valence electrons. The second kappa shape index (κ2) is 9.51. The van der Waals surface area contributed by atoms with Crippen LogP contribution in [0.25, 0.3) is 0 Å². The molecule has 3 aromatic rings. The number of carbonyl (C=O) groups is 3. The summed E-state index contributed by atoms with van der Waals surface area (Å²) in [6, 6.07) is 12.2. The molecule has 3 N–H and O–H groups in total. The highest BCUT2D eigenvalue weighted by Gasteiger charge is 2.13. The molecular weight excluding hydrogens is 424 g/mol. The first-order valence-corrected chi connectivity index (χ1v) is 10.2. The lowest BCUT2D eigenvalue weighted by molar-refractivity contribution is -0.115. The van der Waals surface area contributed by atoms with Gasteiger partial charge in [-0.3, -0.25) is 19.7 Å². The van der Waals surface area contributed by atoms with Crippen LogP contribution in [0, 0.1) is 0 Å². The zero-order chi connectivity index (χ0) is 21.7. The third-order valence-corrected chi connectivity index (χ3v) is 5.03. The van der Waals surface area contributed by atoms with Crippen LogP contribution in [0.3, 0.4) is 0 Å². The summed E-state index contributed by atoms with van der Waals surface area (Å²) in [7, 11) is 0. The molecule has 30 heavy (non-hydrogen) atoms. The Bertz CT molecular complexity index is 1080. The zero-order valence-electron chi connectivity index (χ0n) is 16.3. The third kappa shape index (κ3) is 6.13. The predicted molar refractivity (Wildman–Crippen MR) is 119 cm³/mol. The number of anilines is 3. The van der Waals surface area contributed by atoms with Gasteiger partial charge in [0.2, 0.25) is 11.8 Å². The summed E-state index contributed by atoms with van der Waals surface area (Å²) in [6.07, 6.45) is 2.36. The summed E-state index contributed by atoms with van der Waals surface area (Å²) < 4.78 is 0. The third-order valence-electron chi connectivity index (χ3n) is 3.88. The van der Waals surface area contributed by atoms with E-state index in [2.05, 4.69) is 20.9 Å². The molecule has 1 heterocycles. The Morgan fingerprint density at radius 2 is 1.63 bits per heavy atom. The number of hydrogen-bond donors (Lipinski definition) is 3. The Labute approximate surface area is 182 Å². The summed E-state index contributed by atoms with van der Waals surface area (Å²) in [6.45, 7) is 2.73. The van der Waals surface area contributed by atoms with Gasteiger partial charge in [0.05, 0.1) is 0 Å². The van der Waals surface area contributed by atoms with Gasteiger partial charge in [-0.15, -0.1) is 11.3 Å². The minimum atomic E-state index is -0.405. The number of nitrogens with one attached hydrogen (secondary N) is 3. The molecule has 0 spiro atoms. The van der Waals surface area contributed by atoms with Crippen molar-refractivity contribution in [2.75, 3.05) is 16.0 Å². The van der Waals surface area contributed by atoms with Crippen LogP contribution in [0.1, 0.15) is 34.6 Å². The van der Waals surface area contributed by atoms with E-state index in [1.54, 1.807) is 12.3 Å². The fraction of sp³-hybridized carbons (Fsp3) is 0.143. The Balaban J connectivity index is 1.75. The van der Waals surface area contributed by atoms with E-state index in [9.17, 15) is 14.4 Å². The molecule has 0 aliphatic carbocycles. The van der Waals surface area contributed by atoms with Crippen LogP contribution < -0.4 is 16.0 Å². The molecule has 1 aromatic heterocycles. The summed E-state index contributed by atoms with van der Waals surface area (Å²) in [5.74, 6) is -0.976. The maximum Gasteiger partial charge on any atom is 0.257 e. The van der Waals surface area contributed by atoms with Crippen molar-refractivity contribution < 1.29 is 14.4 Å². The lowest BCUT2D eigenvalue weighted by atomic mass is 10.1. The van der Waals surface area contributed by atoms with Crippen LogP contribution >= 0.6 is 22.9 Å². The van der Waals surface area contributed by atoms with E-state index in [1.807, 2.05) is 24.3 Å². The van der Waals surface area contributed by atoms with Crippen molar-refractivity contribution >= 4 is 57.2 Å². The molecule has 7 nitrogen and oxygen atoms in total. The number of thiazole rings is 1. The maximum atomic E-state index is 12.7. The Kier molecular flexibility index (Phi) is 6.81. The van der Waals surface area contributed by atoms with E-state index >= 15 is 0 Å². The van der Waals surface area contributed by atoms with Gasteiger partial charge in [0.15, 0.2) is 5.13 Å². The number of aromatic nitrogens is 1. The Hall–Kier alpha value is -3.23. The monoisotopic (exact) mass is 442 g/mol. The molecule has 3 amide bonds.